The zero-order valence-corrected chi connectivity index (χ0v) is 20.1. The SMILES string of the molecule is COc1ccc(C(C)C)cc1CNC1C2CCN(C2)C1C(c1ccccc1)c1ccccc1. The Morgan fingerprint density at radius 1 is 0.909 bits per heavy atom. The molecule has 2 heterocycles. The Bertz CT molecular complexity index is 1010. The van der Waals surface area contributed by atoms with Gasteiger partial charge in [0.25, 0.3) is 0 Å². The fraction of sp³-hybridized carbons (Fsp3) is 0.400. The Kier molecular flexibility index (Phi) is 6.52. The lowest BCUT2D eigenvalue weighted by Crippen LogP contribution is -2.50. The predicted molar refractivity (Wildman–Crippen MR) is 136 cm³/mol. The molecule has 4 atom stereocenters. The number of piperidine rings is 1. The number of nitrogens with one attached hydrogen (secondary N) is 1. The molecule has 0 radical (unpaired) electrons. The lowest BCUT2D eigenvalue weighted by molar-refractivity contribution is 0.197. The van der Waals surface area contributed by atoms with Crippen LogP contribution in [0.2, 0.25) is 0 Å². The van der Waals surface area contributed by atoms with E-state index in [-0.39, 0.29) is 0 Å². The van der Waals surface area contributed by atoms with Crippen molar-refractivity contribution in [1.82, 2.24) is 10.2 Å². The molecule has 2 aliphatic heterocycles. The number of benzene rings is 3. The maximum atomic E-state index is 5.72. The van der Waals surface area contributed by atoms with Gasteiger partial charge in [-0.3, -0.25) is 4.90 Å². The Morgan fingerprint density at radius 2 is 1.58 bits per heavy atom. The predicted octanol–water partition coefficient (Wildman–Crippen LogP) is 5.81. The van der Waals surface area contributed by atoms with Crippen molar-refractivity contribution in [1.29, 1.82) is 0 Å². The van der Waals surface area contributed by atoms with Crippen LogP contribution in [-0.2, 0) is 6.54 Å². The summed E-state index contributed by atoms with van der Waals surface area (Å²) in [7, 11) is 1.78. The maximum Gasteiger partial charge on any atom is 0.123 e. The first-order valence-corrected chi connectivity index (χ1v) is 12.4. The van der Waals surface area contributed by atoms with Crippen LogP contribution in [-0.4, -0.2) is 37.2 Å². The topological polar surface area (TPSA) is 24.5 Å². The maximum absolute atomic E-state index is 5.72. The van der Waals surface area contributed by atoms with Crippen molar-refractivity contribution in [3.05, 3.63) is 101 Å². The average Bonchev–Trinajstić information content (AvgIpc) is 3.46. The second-order valence-electron chi connectivity index (χ2n) is 9.97. The Balaban J connectivity index is 1.46. The molecule has 33 heavy (non-hydrogen) atoms. The van der Waals surface area contributed by atoms with Crippen LogP contribution in [0.5, 0.6) is 5.75 Å². The first kappa shape index (κ1) is 22.2. The zero-order chi connectivity index (χ0) is 22.8. The van der Waals surface area contributed by atoms with E-state index in [1.807, 2.05) is 0 Å². The van der Waals surface area contributed by atoms with Gasteiger partial charge < -0.3 is 10.1 Å². The molecule has 2 bridgehead atoms. The van der Waals surface area contributed by atoms with Gasteiger partial charge in [-0.15, -0.1) is 0 Å². The summed E-state index contributed by atoms with van der Waals surface area (Å²) in [5, 5.41) is 4.02. The molecule has 3 heteroatoms. The molecule has 172 valence electrons. The molecular formula is C30H36N2O. The minimum absolute atomic E-state index is 0.360. The summed E-state index contributed by atoms with van der Waals surface area (Å²) in [6.45, 7) is 7.74. The fourth-order valence-electron chi connectivity index (χ4n) is 6.02. The molecule has 0 saturated carbocycles. The molecule has 2 fully saturated rings. The summed E-state index contributed by atoms with van der Waals surface area (Å²) in [6.07, 6.45) is 1.29. The highest BCUT2D eigenvalue weighted by Gasteiger charge is 2.49. The minimum Gasteiger partial charge on any atom is -0.496 e. The highest BCUT2D eigenvalue weighted by Crippen LogP contribution is 2.43. The number of rotatable bonds is 8. The van der Waals surface area contributed by atoms with Crippen LogP contribution in [0.1, 0.15) is 54.4 Å². The summed E-state index contributed by atoms with van der Waals surface area (Å²) < 4.78 is 5.72. The molecule has 4 unspecified atom stereocenters. The normalized spacial score (nSPS) is 24.0. The number of ether oxygens (including phenoxy) is 1. The lowest BCUT2D eigenvalue weighted by atomic mass is 9.78. The molecule has 2 saturated heterocycles. The van der Waals surface area contributed by atoms with Crippen LogP contribution in [0.4, 0.5) is 0 Å². The summed E-state index contributed by atoms with van der Waals surface area (Å²) in [5.41, 5.74) is 5.45. The van der Waals surface area contributed by atoms with E-state index < -0.39 is 0 Å². The van der Waals surface area contributed by atoms with Crippen molar-refractivity contribution in [2.24, 2.45) is 5.92 Å². The van der Waals surface area contributed by atoms with Gasteiger partial charge in [0.1, 0.15) is 5.75 Å². The highest BCUT2D eigenvalue weighted by molar-refractivity contribution is 5.39. The third kappa shape index (κ3) is 4.45. The molecule has 0 aliphatic carbocycles. The van der Waals surface area contributed by atoms with Crippen molar-refractivity contribution in [2.45, 2.75) is 50.7 Å². The van der Waals surface area contributed by atoms with E-state index in [4.69, 9.17) is 4.74 Å². The van der Waals surface area contributed by atoms with E-state index in [2.05, 4.69) is 103 Å². The first-order chi connectivity index (χ1) is 16.2. The van der Waals surface area contributed by atoms with Crippen molar-refractivity contribution in [3.63, 3.8) is 0 Å². The molecule has 0 aromatic heterocycles. The lowest BCUT2D eigenvalue weighted by Gasteiger charge is -2.39. The number of fused-ring (bicyclic) bond motifs is 2. The van der Waals surface area contributed by atoms with Crippen LogP contribution in [0.3, 0.4) is 0 Å². The monoisotopic (exact) mass is 440 g/mol. The summed E-state index contributed by atoms with van der Waals surface area (Å²) in [4.78, 5) is 2.73. The van der Waals surface area contributed by atoms with Crippen molar-refractivity contribution in [2.75, 3.05) is 20.2 Å². The number of hydrogen-bond donors (Lipinski definition) is 1. The molecule has 5 rings (SSSR count). The summed E-state index contributed by atoms with van der Waals surface area (Å²) in [6, 6.07) is 29.7. The number of hydrogen-bond acceptors (Lipinski definition) is 3. The van der Waals surface area contributed by atoms with Gasteiger partial charge >= 0.3 is 0 Å². The van der Waals surface area contributed by atoms with E-state index in [0.717, 1.165) is 12.3 Å². The zero-order valence-electron chi connectivity index (χ0n) is 20.1. The van der Waals surface area contributed by atoms with Gasteiger partial charge in [-0.2, -0.15) is 0 Å². The second-order valence-corrected chi connectivity index (χ2v) is 9.97. The highest BCUT2D eigenvalue weighted by atomic mass is 16.5. The van der Waals surface area contributed by atoms with Crippen LogP contribution in [0.25, 0.3) is 0 Å². The van der Waals surface area contributed by atoms with E-state index in [1.54, 1.807) is 7.11 Å². The van der Waals surface area contributed by atoms with Gasteiger partial charge in [-0.05, 0) is 47.6 Å². The van der Waals surface area contributed by atoms with Crippen molar-refractivity contribution in [3.8, 4) is 5.75 Å². The summed E-state index contributed by atoms with van der Waals surface area (Å²) >= 11 is 0. The van der Waals surface area contributed by atoms with Crippen LogP contribution in [0, 0.1) is 5.92 Å². The van der Waals surface area contributed by atoms with E-state index in [1.165, 1.54) is 41.8 Å². The molecule has 2 aliphatic rings. The molecule has 3 aromatic rings. The Hall–Kier alpha value is -2.62. The molecule has 1 N–H and O–H groups in total. The van der Waals surface area contributed by atoms with E-state index >= 15 is 0 Å². The average molecular weight is 441 g/mol. The van der Waals surface area contributed by atoms with Crippen molar-refractivity contribution < 1.29 is 4.74 Å². The van der Waals surface area contributed by atoms with E-state index in [0.29, 0.717) is 29.8 Å². The van der Waals surface area contributed by atoms with Gasteiger partial charge in [0.15, 0.2) is 0 Å². The largest absolute Gasteiger partial charge is 0.496 e. The standard InChI is InChI=1S/C30H36N2O/c1-21(2)24-14-15-27(33-3)26(18-24)19-31-29-25-16-17-32(20-25)30(29)28(22-10-6-4-7-11-22)23-12-8-5-9-13-23/h4-15,18,21,25,28-31H,16-17,19-20H2,1-3H3. The smallest absolute Gasteiger partial charge is 0.123 e. The number of nitrogens with zero attached hydrogens (tertiary/aromatic N) is 1. The number of methoxy groups -OCH3 is 1. The summed E-state index contributed by atoms with van der Waals surface area (Å²) in [5.74, 6) is 2.55. The van der Waals surface area contributed by atoms with Crippen LogP contribution in [0.15, 0.2) is 78.9 Å². The van der Waals surface area contributed by atoms with E-state index in [9.17, 15) is 0 Å². The van der Waals surface area contributed by atoms with Crippen molar-refractivity contribution >= 4 is 0 Å². The molecule has 3 nitrogen and oxygen atoms in total. The van der Waals surface area contributed by atoms with Crippen LogP contribution >= 0.6 is 0 Å². The molecule has 0 spiro atoms. The third-order valence-electron chi connectivity index (χ3n) is 7.71. The van der Waals surface area contributed by atoms with Crippen LogP contribution < -0.4 is 10.1 Å². The Labute approximate surface area is 198 Å². The first-order valence-electron chi connectivity index (χ1n) is 12.4. The van der Waals surface area contributed by atoms with Gasteiger partial charge in [-0.1, -0.05) is 86.6 Å². The molecule has 3 aromatic carbocycles. The fourth-order valence-corrected chi connectivity index (χ4v) is 6.02. The minimum atomic E-state index is 0.360. The van der Waals surface area contributed by atoms with Gasteiger partial charge in [0.05, 0.1) is 7.11 Å². The third-order valence-corrected chi connectivity index (χ3v) is 7.71. The van der Waals surface area contributed by atoms with Gasteiger partial charge in [0, 0.05) is 36.7 Å². The molecular weight excluding hydrogens is 404 g/mol. The Morgan fingerprint density at radius 3 is 2.18 bits per heavy atom. The quantitative estimate of drug-likeness (QED) is 0.478. The second kappa shape index (κ2) is 9.70. The van der Waals surface area contributed by atoms with Gasteiger partial charge in [-0.25, -0.2) is 0 Å². The molecule has 0 amide bonds. The van der Waals surface area contributed by atoms with Gasteiger partial charge in [0.2, 0.25) is 0 Å².